The third-order valence-corrected chi connectivity index (χ3v) is 2.89. The van der Waals surface area contributed by atoms with Crippen molar-refractivity contribution in [2.45, 2.75) is 11.8 Å². The summed E-state index contributed by atoms with van der Waals surface area (Å²) < 4.78 is 0. The van der Waals surface area contributed by atoms with E-state index in [9.17, 15) is 9.90 Å². The lowest BCUT2D eigenvalue weighted by Gasteiger charge is -2.23. The van der Waals surface area contributed by atoms with Crippen molar-refractivity contribution in [1.82, 2.24) is 5.32 Å². The zero-order valence-corrected chi connectivity index (χ0v) is 7.86. The van der Waals surface area contributed by atoms with Crippen molar-refractivity contribution >= 4 is 5.97 Å². The van der Waals surface area contributed by atoms with E-state index in [1.165, 1.54) is 0 Å². The quantitative estimate of drug-likeness (QED) is 0.733. The highest BCUT2D eigenvalue weighted by Gasteiger charge is 2.42. The van der Waals surface area contributed by atoms with Crippen LogP contribution in [0.3, 0.4) is 0 Å². The fourth-order valence-electron chi connectivity index (χ4n) is 2.00. The Labute approximate surface area is 82.8 Å². The Hall–Kier alpha value is -1.35. The average molecular weight is 191 g/mol. The first kappa shape index (κ1) is 9.21. The molecule has 0 amide bonds. The first-order valence-corrected chi connectivity index (χ1v) is 4.75. The van der Waals surface area contributed by atoms with Gasteiger partial charge in [-0.1, -0.05) is 30.3 Å². The molecule has 0 saturated carbocycles. The molecule has 0 bridgehead atoms. The molecule has 1 unspecified atom stereocenters. The molecule has 3 heteroatoms. The van der Waals surface area contributed by atoms with Crippen LogP contribution in [0, 0.1) is 0 Å². The number of carbonyl (C=O) groups is 1. The molecule has 0 aromatic heterocycles. The summed E-state index contributed by atoms with van der Waals surface area (Å²) in [5.74, 6) is -0.728. The summed E-state index contributed by atoms with van der Waals surface area (Å²) in [6, 6.07) is 9.46. The summed E-state index contributed by atoms with van der Waals surface area (Å²) in [7, 11) is 0. The molecular formula is C11H13NO2. The Morgan fingerprint density at radius 3 is 2.57 bits per heavy atom. The van der Waals surface area contributed by atoms with E-state index < -0.39 is 11.4 Å². The van der Waals surface area contributed by atoms with Gasteiger partial charge in [-0.2, -0.15) is 0 Å². The molecule has 0 radical (unpaired) electrons. The Bertz CT molecular complexity index is 328. The topological polar surface area (TPSA) is 49.3 Å². The predicted molar refractivity (Wildman–Crippen MR) is 53.2 cm³/mol. The van der Waals surface area contributed by atoms with Gasteiger partial charge in [-0.3, -0.25) is 4.79 Å². The van der Waals surface area contributed by atoms with Crippen molar-refractivity contribution < 1.29 is 9.90 Å². The van der Waals surface area contributed by atoms with Gasteiger partial charge in [-0.25, -0.2) is 0 Å². The van der Waals surface area contributed by atoms with Crippen LogP contribution in [0.15, 0.2) is 30.3 Å². The summed E-state index contributed by atoms with van der Waals surface area (Å²) in [6.45, 7) is 1.31. The van der Waals surface area contributed by atoms with Crippen LogP contribution in [0.1, 0.15) is 12.0 Å². The van der Waals surface area contributed by atoms with Crippen LogP contribution in [0.2, 0.25) is 0 Å². The highest BCUT2D eigenvalue weighted by Crippen LogP contribution is 2.30. The minimum absolute atomic E-state index is 0.534. The van der Waals surface area contributed by atoms with E-state index in [4.69, 9.17) is 0 Å². The van der Waals surface area contributed by atoms with Crippen LogP contribution in [-0.4, -0.2) is 24.2 Å². The van der Waals surface area contributed by atoms with Gasteiger partial charge in [-0.15, -0.1) is 0 Å². The van der Waals surface area contributed by atoms with Gasteiger partial charge in [0.2, 0.25) is 0 Å². The first-order chi connectivity index (χ1) is 6.76. The van der Waals surface area contributed by atoms with E-state index in [1.807, 2.05) is 30.3 Å². The molecule has 1 atom stereocenters. The minimum atomic E-state index is -0.728. The van der Waals surface area contributed by atoms with Crippen LogP contribution in [0.4, 0.5) is 0 Å². The zero-order valence-electron chi connectivity index (χ0n) is 7.86. The number of hydrogen-bond donors (Lipinski definition) is 2. The van der Waals surface area contributed by atoms with E-state index in [1.54, 1.807) is 0 Å². The largest absolute Gasteiger partial charge is 0.481 e. The maximum Gasteiger partial charge on any atom is 0.315 e. The third kappa shape index (κ3) is 1.30. The average Bonchev–Trinajstić information content (AvgIpc) is 2.69. The molecule has 1 aliphatic rings. The second-order valence-electron chi connectivity index (χ2n) is 3.68. The van der Waals surface area contributed by atoms with Crippen LogP contribution < -0.4 is 5.32 Å². The number of carboxylic acid groups (broad SMARTS) is 1. The smallest absolute Gasteiger partial charge is 0.315 e. The van der Waals surface area contributed by atoms with Crippen molar-refractivity contribution in [2.24, 2.45) is 0 Å². The summed E-state index contributed by atoms with van der Waals surface area (Å²) in [6.07, 6.45) is 0.673. The maximum atomic E-state index is 11.3. The van der Waals surface area contributed by atoms with Gasteiger partial charge in [0.25, 0.3) is 0 Å². The lowest BCUT2D eigenvalue weighted by molar-refractivity contribution is -0.143. The van der Waals surface area contributed by atoms with Crippen molar-refractivity contribution in [3.63, 3.8) is 0 Å². The first-order valence-electron chi connectivity index (χ1n) is 4.75. The Kier molecular flexibility index (Phi) is 2.25. The fraction of sp³-hybridized carbons (Fsp3) is 0.364. The number of carboxylic acids is 1. The summed E-state index contributed by atoms with van der Waals surface area (Å²) in [5.41, 5.74) is 0.193. The van der Waals surface area contributed by atoms with E-state index in [-0.39, 0.29) is 0 Å². The molecule has 0 aliphatic carbocycles. The van der Waals surface area contributed by atoms with Gasteiger partial charge < -0.3 is 10.4 Å². The van der Waals surface area contributed by atoms with Crippen LogP contribution >= 0.6 is 0 Å². The molecule has 1 fully saturated rings. The molecule has 0 spiro atoms. The van der Waals surface area contributed by atoms with Crippen molar-refractivity contribution in [1.29, 1.82) is 0 Å². The molecule has 1 aliphatic heterocycles. The lowest BCUT2D eigenvalue weighted by atomic mass is 9.80. The molecule has 1 aromatic rings. The molecule has 3 nitrogen and oxygen atoms in total. The van der Waals surface area contributed by atoms with Gasteiger partial charge in [0, 0.05) is 6.54 Å². The van der Waals surface area contributed by atoms with Crippen molar-refractivity contribution in [3.8, 4) is 0 Å². The van der Waals surface area contributed by atoms with E-state index >= 15 is 0 Å². The fourth-order valence-corrected chi connectivity index (χ4v) is 2.00. The molecular weight excluding hydrogens is 178 g/mol. The Morgan fingerprint density at radius 2 is 2.07 bits per heavy atom. The van der Waals surface area contributed by atoms with Gasteiger partial charge in [0.15, 0.2) is 0 Å². The summed E-state index contributed by atoms with van der Waals surface area (Å²) in [5, 5.41) is 12.4. The van der Waals surface area contributed by atoms with Crippen molar-refractivity contribution in [2.75, 3.05) is 13.1 Å². The number of rotatable bonds is 2. The molecule has 1 aromatic carbocycles. The van der Waals surface area contributed by atoms with Gasteiger partial charge in [0.1, 0.15) is 5.41 Å². The van der Waals surface area contributed by atoms with Crippen LogP contribution in [-0.2, 0) is 10.2 Å². The van der Waals surface area contributed by atoms with Gasteiger partial charge in [-0.05, 0) is 18.5 Å². The maximum absolute atomic E-state index is 11.3. The second kappa shape index (κ2) is 3.42. The predicted octanol–water partition coefficient (Wildman–Crippen LogP) is 1.00. The molecule has 1 heterocycles. The zero-order chi connectivity index (χ0) is 10.0. The normalized spacial score (nSPS) is 26.3. The SMILES string of the molecule is O=C(O)C1(c2ccccc2)CCNC1. The number of hydrogen-bond acceptors (Lipinski definition) is 2. The van der Waals surface area contributed by atoms with E-state index in [0.29, 0.717) is 13.0 Å². The highest BCUT2D eigenvalue weighted by atomic mass is 16.4. The highest BCUT2D eigenvalue weighted by molar-refractivity contribution is 5.82. The van der Waals surface area contributed by atoms with E-state index in [0.717, 1.165) is 12.1 Å². The number of nitrogens with one attached hydrogen (secondary N) is 1. The number of benzene rings is 1. The van der Waals surface area contributed by atoms with E-state index in [2.05, 4.69) is 5.32 Å². The molecule has 2 N–H and O–H groups in total. The summed E-state index contributed by atoms with van der Waals surface area (Å²) in [4.78, 5) is 11.3. The standard InChI is InChI=1S/C11H13NO2/c13-10(14)11(6-7-12-8-11)9-4-2-1-3-5-9/h1-5,12H,6-8H2,(H,13,14). The Balaban J connectivity index is 2.42. The molecule has 1 saturated heterocycles. The monoisotopic (exact) mass is 191 g/mol. The molecule has 74 valence electrons. The van der Waals surface area contributed by atoms with Gasteiger partial charge >= 0.3 is 5.97 Å². The minimum Gasteiger partial charge on any atom is -0.481 e. The Morgan fingerprint density at radius 1 is 1.36 bits per heavy atom. The second-order valence-corrected chi connectivity index (χ2v) is 3.68. The van der Waals surface area contributed by atoms with Crippen LogP contribution in [0.25, 0.3) is 0 Å². The molecule has 14 heavy (non-hydrogen) atoms. The molecule has 2 rings (SSSR count). The lowest BCUT2D eigenvalue weighted by Crippen LogP contribution is -2.37. The number of aliphatic carboxylic acids is 1. The van der Waals surface area contributed by atoms with Gasteiger partial charge in [0.05, 0.1) is 0 Å². The third-order valence-electron chi connectivity index (χ3n) is 2.89. The van der Waals surface area contributed by atoms with Crippen LogP contribution in [0.5, 0.6) is 0 Å². The summed E-state index contributed by atoms with van der Waals surface area (Å²) >= 11 is 0. The van der Waals surface area contributed by atoms with Crippen molar-refractivity contribution in [3.05, 3.63) is 35.9 Å².